The molecule has 0 saturated heterocycles. The summed E-state index contributed by atoms with van der Waals surface area (Å²) in [5.41, 5.74) is 1.95. The minimum atomic E-state index is -3.57. The third-order valence-corrected chi connectivity index (χ3v) is 7.91. The van der Waals surface area contributed by atoms with Gasteiger partial charge in [-0.1, -0.05) is 87.4 Å². The average molecular weight is 451 g/mol. The Balaban J connectivity index is 2.49. The van der Waals surface area contributed by atoms with Gasteiger partial charge in [-0.2, -0.15) is 4.31 Å². The summed E-state index contributed by atoms with van der Waals surface area (Å²) < 4.78 is 28.7. The summed E-state index contributed by atoms with van der Waals surface area (Å²) in [6.45, 7) is 4.21. The number of benzene rings is 2. The topological polar surface area (TPSA) is 49.4 Å². The summed E-state index contributed by atoms with van der Waals surface area (Å²) in [4.78, 5) is 0. The molecule has 0 bridgehead atoms. The number of sulfonamides is 1. The van der Waals surface area contributed by atoms with E-state index in [1.54, 1.807) is 0 Å². The van der Waals surface area contributed by atoms with E-state index in [0.29, 0.717) is 0 Å². The number of nitrogens with one attached hydrogen (secondary N) is 1. The molecule has 2 unspecified atom stereocenters. The Labute approximate surface area is 187 Å². The fourth-order valence-corrected chi connectivity index (χ4v) is 6.64. The van der Waals surface area contributed by atoms with Crippen molar-refractivity contribution in [2.75, 3.05) is 18.8 Å². The molecule has 6 heteroatoms. The van der Waals surface area contributed by atoms with Crippen LogP contribution in [-0.4, -0.2) is 31.5 Å². The van der Waals surface area contributed by atoms with Gasteiger partial charge in [-0.15, -0.1) is 11.6 Å². The third kappa shape index (κ3) is 6.55. The second-order valence-corrected chi connectivity index (χ2v) is 9.97. The molecular weight excluding hydrogens is 416 g/mol. The highest BCUT2D eigenvalue weighted by atomic mass is 35.5. The van der Waals surface area contributed by atoms with E-state index in [9.17, 15) is 8.42 Å². The quantitative estimate of drug-likeness (QED) is 0.313. The first-order chi connectivity index (χ1) is 14.5. The predicted molar refractivity (Wildman–Crippen MR) is 127 cm³/mol. The van der Waals surface area contributed by atoms with Crippen LogP contribution < -0.4 is 5.32 Å². The Hall–Kier alpha value is -1.40. The number of halogens is 1. The molecule has 0 aromatic heterocycles. The van der Waals surface area contributed by atoms with Crippen LogP contribution in [0.3, 0.4) is 0 Å². The first-order valence-electron chi connectivity index (χ1n) is 10.8. The molecule has 0 spiro atoms. The van der Waals surface area contributed by atoms with Crippen molar-refractivity contribution in [2.45, 2.75) is 51.6 Å². The van der Waals surface area contributed by atoms with E-state index in [4.69, 9.17) is 11.6 Å². The molecule has 2 aromatic rings. The molecule has 2 aromatic carbocycles. The van der Waals surface area contributed by atoms with E-state index < -0.39 is 16.1 Å². The third-order valence-electron chi connectivity index (χ3n) is 5.55. The van der Waals surface area contributed by atoms with Crippen LogP contribution in [0.4, 0.5) is 0 Å². The van der Waals surface area contributed by atoms with Gasteiger partial charge in [-0.25, -0.2) is 8.42 Å². The van der Waals surface area contributed by atoms with E-state index in [2.05, 4.69) is 19.2 Å². The van der Waals surface area contributed by atoms with Crippen LogP contribution in [0.1, 0.15) is 62.7 Å². The zero-order valence-corrected chi connectivity index (χ0v) is 19.9. The molecule has 0 aliphatic heterocycles. The summed E-state index contributed by atoms with van der Waals surface area (Å²) in [6, 6.07) is 19.0. The smallest absolute Gasteiger partial charge is 0.216 e. The van der Waals surface area contributed by atoms with Crippen molar-refractivity contribution in [2.24, 2.45) is 5.92 Å². The molecule has 0 heterocycles. The van der Waals surface area contributed by atoms with E-state index in [1.165, 1.54) is 4.31 Å². The minimum Gasteiger partial charge on any atom is -0.311 e. The van der Waals surface area contributed by atoms with Gasteiger partial charge in [0, 0.05) is 0 Å². The lowest BCUT2D eigenvalue weighted by Gasteiger charge is -2.36. The highest BCUT2D eigenvalue weighted by molar-refractivity contribution is 7.89. The van der Waals surface area contributed by atoms with Crippen molar-refractivity contribution in [3.05, 3.63) is 71.8 Å². The van der Waals surface area contributed by atoms with Crippen molar-refractivity contribution in [1.29, 1.82) is 0 Å². The number of alkyl halides is 1. The van der Waals surface area contributed by atoms with Gasteiger partial charge >= 0.3 is 0 Å². The van der Waals surface area contributed by atoms with Crippen molar-refractivity contribution in [3.8, 4) is 0 Å². The molecule has 4 nitrogen and oxygen atoms in total. The van der Waals surface area contributed by atoms with Crippen molar-refractivity contribution >= 4 is 21.6 Å². The first-order valence-corrected chi connectivity index (χ1v) is 12.9. The second-order valence-electron chi connectivity index (χ2n) is 7.76. The minimum absolute atomic E-state index is 0.0854. The van der Waals surface area contributed by atoms with Crippen LogP contribution in [0.25, 0.3) is 0 Å². The first kappa shape index (κ1) is 24.9. The standard InChI is InChI=1S/C24H35ClN2O2S/c1-4-12-20(13-5-2)18-30(28,29)27(19-25)24(22-16-10-7-11-17-22)23(26-3)21-14-8-6-9-15-21/h6-11,14-17,20,23-24,26H,4-5,12-13,18-19H2,1-3H3. The molecule has 0 aliphatic carbocycles. The summed E-state index contributed by atoms with van der Waals surface area (Å²) in [7, 11) is -1.70. The lowest BCUT2D eigenvalue weighted by Crippen LogP contribution is -2.42. The zero-order valence-electron chi connectivity index (χ0n) is 18.3. The van der Waals surface area contributed by atoms with Crippen LogP contribution in [0.2, 0.25) is 0 Å². The molecule has 2 rings (SSSR count). The van der Waals surface area contributed by atoms with E-state index in [1.807, 2.05) is 67.7 Å². The molecule has 1 N–H and O–H groups in total. The van der Waals surface area contributed by atoms with E-state index in [0.717, 1.165) is 36.8 Å². The fraction of sp³-hybridized carbons (Fsp3) is 0.500. The van der Waals surface area contributed by atoms with Crippen LogP contribution in [0.15, 0.2) is 60.7 Å². The molecule has 0 aliphatic rings. The highest BCUT2D eigenvalue weighted by Gasteiger charge is 2.37. The molecule has 0 saturated carbocycles. The Morgan fingerprint density at radius 2 is 1.40 bits per heavy atom. The van der Waals surface area contributed by atoms with Gasteiger partial charge in [0.15, 0.2) is 0 Å². The molecule has 30 heavy (non-hydrogen) atoms. The van der Waals surface area contributed by atoms with E-state index >= 15 is 0 Å². The predicted octanol–water partition coefficient (Wildman–Crippen LogP) is 5.73. The number of hydrogen-bond donors (Lipinski definition) is 1. The maximum atomic E-state index is 13.6. The molecular formula is C24H35ClN2O2S. The maximum absolute atomic E-state index is 13.6. The zero-order chi connectivity index (χ0) is 22.0. The van der Waals surface area contributed by atoms with Crippen molar-refractivity contribution in [3.63, 3.8) is 0 Å². The number of hydrogen-bond acceptors (Lipinski definition) is 3. The molecule has 166 valence electrons. The van der Waals surface area contributed by atoms with Gasteiger partial charge in [-0.05, 0) is 36.9 Å². The van der Waals surface area contributed by atoms with Crippen LogP contribution in [0.5, 0.6) is 0 Å². The van der Waals surface area contributed by atoms with Gasteiger partial charge in [0.2, 0.25) is 10.0 Å². The lowest BCUT2D eigenvalue weighted by atomic mass is 9.93. The normalized spacial score (nSPS) is 14.2. The summed E-state index contributed by atoms with van der Waals surface area (Å²) in [5, 5.41) is 3.34. The fourth-order valence-electron chi connectivity index (χ4n) is 4.19. The summed E-state index contributed by atoms with van der Waals surface area (Å²) in [5.74, 6) is 0.285. The summed E-state index contributed by atoms with van der Waals surface area (Å²) >= 11 is 6.34. The second kappa shape index (κ2) is 12.5. The molecule has 2 atom stereocenters. The van der Waals surface area contributed by atoms with Gasteiger partial charge < -0.3 is 5.32 Å². The number of rotatable bonds is 13. The Kier molecular flexibility index (Phi) is 10.3. The maximum Gasteiger partial charge on any atom is 0.216 e. The monoisotopic (exact) mass is 450 g/mol. The van der Waals surface area contributed by atoms with Gasteiger partial charge in [0.05, 0.1) is 23.8 Å². The van der Waals surface area contributed by atoms with Gasteiger partial charge in [-0.3, -0.25) is 0 Å². The van der Waals surface area contributed by atoms with Crippen molar-refractivity contribution in [1.82, 2.24) is 9.62 Å². The SMILES string of the molecule is CCCC(CCC)CS(=O)(=O)N(CCl)C(c1ccccc1)C(NC)c1ccccc1. The number of nitrogens with zero attached hydrogens (tertiary/aromatic N) is 1. The number of likely N-dealkylation sites (N-methyl/N-ethyl adjacent to an activating group) is 1. The van der Waals surface area contributed by atoms with Crippen LogP contribution in [-0.2, 0) is 10.0 Å². The molecule has 0 fully saturated rings. The van der Waals surface area contributed by atoms with Crippen LogP contribution >= 0.6 is 11.6 Å². The lowest BCUT2D eigenvalue weighted by molar-refractivity contribution is 0.289. The van der Waals surface area contributed by atoms with Crippen molar-refractivity contribution < 1.29 is 8.42 Å². The Morgan fingerprint density at radius 1 is 0.900 bits per heavy atom. The largest absolute Gasteiger partial charge is 0.311 e. The van der Waals surface area contributed by atoms with Gasteiger partial charge in [0.1, 0.15) is 0 Å². The summed E-state index contributed by atoms with van der Waals surface area (Å²) in [6.07, 6.45) is 3.78. The molecule has 0 amide bonds. The van der Waals surface area contributed by atoms with Gasteiger partial charge in [0.25, 0.3) is 0 Å². The highest BCUT2D eigenvalue weighted by Crippen LogP contribution is 2.37. The van der Waals surface area contributed by atoms with Crippen LogP contribution in [0, 0.1) is 5.92 Å². The van der Waals surface area contributed by atoms with E-state index in [-0.39, 0.29) is 23.7 Å². The average Bonchev–Trinajstić information content (AvgIpc) is 2.75. The Bertz CT molecular complexity index is 825. The Morgan fingerprint density at radius 3 is 1.83 bits per heavy atom. The molecule has 0 radical (unpaired) electrons.